The maximum absolute atomic E-state index is 13.6. The molecule has 1 amide bonds. The Morgan fingerprint density at radius 3 is 2.60 bits per heavy atom. The monoisotopic (exact) mass is 434 g/mol. The number of aryl methyl sites for hydroxylation is 1. The number of benzene rings is 2. The van der Waals surface area contributed by atoms with Crippen LogP contribution < -0.4 is 10.1 Å². The normalized spacial score (nSPS) is 15.3. The van der Waals surface area contributed by atoms with Gasteiger partial charge in [-0.3, -0.25) is 4.79 Å². The molecule has 0 aliphatic carbocycles. The molecule has 0 spiro atoms. The van der Waals surface area contributed by atoms with E-state index in [-0.39, 0.29) is 23.7 Å². The molecular weight excluding hydrogens is 411 g/mol. The Kier molecular flexibility index (Phi) is 6.86. The highest BCUT2D eigenvalue weighted by Crippen LogP contribution is 2.29. The van der Waals surface area contributed by atoms with Gasteiger partial charge < -0.3 is 14.8 Å². The number of nitrogens with zero attached hydrogens (tertiary/aromatic N) is 1. The molecule has 0 unspecified atom stereocenters. The van der Waals surface area contributed by atoms with E-state index >= 15 is 0 Å². The first-order chi connectivity index (χ1) is 14.3. The summed E-state index contributed by atoms with van der Waals surface area (Å²) in [4.78, 5) is 12.2. The molecule has 9 heteroatoms. The summed E-state index contributed by atoms with van der Waals surface area (Å²) in [7, 11) is -2.37. The number of sulfonamides is 1. The zero-order chi connectivity index (χ0) is 21.7. The highest BCUT2D eigenvalue weighted by atomic mass is 32.2. The van der Waals surface area contributed by atoms with E-state index in [0.717, 1.165) is 0 Å². The summed E-state index contributed by atoms with van der Waals surface area (Å²) in [5, 5.41) is 2.57. The molecule has 1 heterocycles. The van der Waals surface area contributed by atoms with Crippen LogP contribution >= 0.6 is 0 Å². The number of methoxy groups -OCH3 is 1. The van der Waals surface area contributed by atoms with E-state index in [2.05, 4.69) is 5.32 Å². The summed E-state index contributed by atoms with van der Waals surface area (Å²) < 4.78 is 51.4. The molecule has 0 saturated carbocycles. The van der Waals surface area contributed by atoms with Gasteiger partial charge in [0.05, 0.1) is 20.3 Å². The number of anilines is 1. The maximum Gasteiger partial charge on any atom is 0.248 e. The lowest BCUT2D eigenvalue weighted by Gasteiger charge is -2.26. The SMILES string of the molecule is COc1ccc(C=CC(=O)Nc2ccc(C)c(F)c2)cc1S(=O)(=O)N1CCOCC1. The summed E-state index contributed by atoms with van der Waals surface area (Å²) in [5.74, 6) is -0.658. The van der Waals surface area contributed by atoms with Gasteiger partial charge in [-0.25, -0.2) is 12.8 Å². The number of hydrogen-bond acceptors (Lipinski definition) is 5. The molecule has 30 heavy (non-hydrogen) atoms. The molecule has 1 aliphatic rings. The van der Waals surface area contributed by atoms with E-state index in [9.17, 15) is 17.6 Å². The highest BCUT2D eigenvalue weighted by Gasteiger charge is 2.29. The molecular formula is C21H23FN2O5S. The minimum absolute atomic E-state index is 0.0232. The van der Waals surface area contributed by atoms with Gasteiger partial charge in [0.15, 0.2) is 0 Å². The van der Waals surface area contributed by atoms with Crippen molar-refractivity contribution >= 4 is 27.7 Å². The lowest BCUT2D eigenvalue weighted by atomic mass is 10.2. The number of rotatable bonds is 6. The largest absolute Gasteiger partial charge is 0.495 e. The number of ether oxygens (including phenoxy) is 2. The fraction of sp³-hybridized carbons (Fsp3) is 0.286. The van der Waals surface area contributed by atoms with Crippen LogP contribution in [0.5, 0.6) is 5.75 Å². The van der Waals surface area contributed by atoms with E-state index in [0.29, 0.717) is 30.0 Å². The third kappa shape index (κ3) is 5.05. The number of hydrogen-bond donors (Lipinski definition) is 1. The minimum atomic E-state index is -3.77. The molecule has 160 valence electrons. The fourth-order valence-electron chi connectivity index (χ4n) is 2.95. The Hall–Kier alpha value is -2.75. The van der Waals surface area contributed by atoms with Crippen molar-refractivity contribution in [3.8, 4) is 5.75 Å². The van der Waals surface area contributed by atoms with Crippen LogP contribution in [0.3, 0.4) is 0 Å². The molecule has 2 aromatic carbocycles. The number of nitrogens with one attached hydrogen (secondary N) is 1. The summed E-state index contributed by atoms with van der Waals surface area (Å²) in [5.41, 5.74) is 1.32. The van der Waals surface area contributed by atoms with Gasteiger partial charge in [-0.15, -0.1) is 0 Å². The molecule has 7 nitrogen and oxygen atoms in total. The van der Waals surface area contributed by atoms with E-state index in [1.807, 2.05) is 0 Å². The Morgan fingerprint density at radius 2 is 1.93 bits per heavy atom. The Balaban J connectivity index is 1.80. The Morgan fingerprint density at radius 1 is 1.20 bits per heavy atom. The van der Waals surface area contributed by atoms with E-state index < -0.39 is 21.7 Å². The maximum atomic E-state index is 13.6. The molecule has 2 aromatic rings. The second kappa shape index (κ2) is 9.38. The first-order valence-corrected chi connectivity index (χ1v) is 10.8. The quantitative estimate of drug-likeness (QED) is 0.707. The van der Waals surface area contributed by atoms with Crippen LogP contribution in [0, 0.1) is 12.7 Å². The summed E-state index contributed by atoms with van der Waals surface area (Å²) in [6.07, 6.45) is 2.74. The average molecular weight is 434 g/mol. The van der Waals surface area contributed by atoms with Crippen molar-refractivity contribution < 1.29 is 27.1 Å². The predicted molar refractivity (Wildman–Crippen MR) is 111 cm³/mol. The molecule has 1 saturated heterocycles. The van der Waals surface area contributed by atoms with Gasteiger partial charge in [-0.05, 0) is 48.4 Å². The lowest BCUT2D eigenvalue weighted by Crippen LogP contribution is -2.40. The van der Waals surface area contributed by atoms with Gasteiger partial charge in [0.25, 0.3) is 0 Å². The van der Waals surface area contributed by atoms with Crippen molar-refractivity contribution in [3.63, 3.8) is 0 Å². The topological polar surface area (TPSA) is 84.9 Å². The summed E-state index contributed by atoms with van der Waals surface area (Å²) in [6.45, 7) is 2.83. The minimum Gasteiger partial charge on any atom is -0.495 e. The van der Waals surface area contributed by atoms with Crippen molar-refractivity contribution in [1.29, 1.82) is 0 Å². The van der Waals surface area contributed by atoms with Crippen LogP contribution in [0.2, 0.25) is 0 Å². The lowest BCUT2D eigenvalue weighted by molar-refractivity contribution is -0.111. The van der Waals surface area contributed by atoms with Crippen LogP contribution in [0.15, 0.2) is 47.4 Å². The van der Waals surface area contributed by atoms with Gasteiger partial charge in [0.2, 0.25) is 15.9 Å². The number of morpholine rings is 1. The Bertz CT molecular complexity index is 1060. The number of carbonyl (C=O) groups is 1. The van der Waals surface area contributed by atoms with E-state index in [1.165, 1.54) is 35.7 Å². The summed E-state index contributed by atoms with van der Waals surface area (Å²) in [6, 6.07) is 9.05. The Labute approximate surface area is 175 Å². The molecule has 1 aliphatic heterocycles. The zero-order valence-electron chi connectivity index (χ0n) is 16.7. The van der Waals surface area contributed by atoms with Crippen LogP contribution in [-0.2, 0) is 19.6 Å². The van der Waals surface area contributed by atoms with E-state index in [1.54, 1.807) is 31.2 Å². The molecule has 1 N–H and O–H groups in total. The molecule has 0 aromatic heterocycles. The average Bonchev–Trinajstić information content (AvgIpc) is 2.75. The second-order valence-electron chi connectivity index (χ2n) is 6.71. The van der Waals surface area contributed by atoms with E-state index in [4.69, 9.17) is 9.47 Å². The molecule has 1 fully saturated rings. The van der Waals surface area contributed by atoms with Crippen molar-refractivity contribution in [3.05, 3.63) is 59.4 Å². The fourth-order valence-corrected chi connectivity index (χ4v) is 4.55. The van der Waals surface area contributed by atoms with Gasteiger partial charge in [-0.2, -0.15) is 4.31 Å². The third-order valence-corrected chi connectivity index (χ3v) is 6.56. The molecule has 3 rings (SSSR count). The van der Waals surface area contributed by atoms with Gasteiger partial charge in [0.1, 0.15) is 16.5 Å². The van der Waals surface area contributed by atoms with Crippen molar-refractivity contribution in [1.82, 2.24) is 4.31 Å². The van der Waals surface area contributed by atoms with Crippen LogP contribution in [0.25, 0.3) is 6.08 Å². The van der Waals surface area contributed by atoms with Crippen molar-refractivity contribution in [2.45, 2.75) is 11.8 Å². The van der Waals surface area contributed by atoms with Crippen molar-refractivity contribution in [2.24, 2.45) is 0 Å². The van der Waals surface area contributed by atoms with Gasteiger partial charge >= 0.3 is 0 Å². The number of halogens is 1. The number of amides is 1. The first-order valence-electron chi connectivity index (χ1n) is 9.32. The summed E-state index contributed by atoms with van der Waals surface area (Å²) >= 11 is 0. The third-order valence-electron chi connectivity index (χ3n) is 4.64. The molecule has 0 bridgehead atoms. The van der Waals surface area contributed by atoms with Gasteiger partial charge in [0, 0.05) is 24.9 Å². The first kappa shape index (κ1) is 21.9. The zero-order valence-corrected chi connectivity index (χ0v) is 17.5. The van der Waals surface area contributed by atoms with Crippen molar-refractivity contribution in [2.75, 3.05) is 38.7 Å². The standard InChI is InChI=1S/C21H23FN2O5S/c1-15-3-6-17(14-18(15)22)23-21(25)8-5-16-4-7-19(28-2)20(13-16)30(26,27)24-9-11-29-12-10-24/h3-8,13-14H,9-12H2,1-2H3,(H,23,25). The molecule has 0 atom stereocenters. The highest BCUT2D eigenvalue weighted by molar-refractivity contribution is 7.89. The van der Waals surface area contributed by atoms with Crippen LogP contribution in [-0.4, -0.2) is 52.0 Å². The second-order valence-corrected chi connectivity index (χ2v) is 8.62. The molecule has 0 radical (unpaired) electrons. The number of carbonyl (C=O) groups excluding carboxylic acids is 1. The van der Waals surface area contributed by atoms with Crippen LogP contribution in [0.4, 0.5) is 10.1 Å². The van der Waals surface area contributed by atoms with Crippen LogP contribution in [0.1, 0.15) is 11.1 Å². The smallest absolute Gasteiger partial charge is 0.248 e. The van der Waals surface area contributed by atoms with Gasteiger partial charge in [-0.1, -0.05) is 12.1 Å². The predicted octanol–water partition coefficient (Wildman–Crippen LogP) is 2.82.